The Hall–Kier alpha value is -2.98. The number of esters is 2. The number of hydrogen-bond donors (Lipinski definition) is 1. The number of halogens is 1. The Bertz CT molecular complexity index is 881. The Morgan fingerprint density at radius 2 is 2.00 bits per heavy atom. The number of carbonyl (C=O) groups is 3. The van der Waals surface area contributed by atoms with Crippen LogP contribution in [0.15, 0.2) is 29.6 Å². The van der Waals surface area contributed by atoms with Gasteiger partial charge in [-0.05, 0) is 23.6 Å². The lowest BCUT2D eigenvalue weighted by Crippen LogP contribution is -2.22. The van der Waals surface area contributed by atoms with Crippen molar-refractivity contribution < 1.29 is 28.8 Å². The molecular formula is C15H11ClN2O7S. The van der Waals surface area contributed by atoms with E-state index in [2.05, 4.69) is 10.1 Å². The van der Waals surface area contributed by atoms with Gasteiger partial charge in [-0.15, -0.1) is 11.3 Å². The Morgan fingerprint density at radius 3 is 2.65 bits per heavy atom. The predicted octanol–water partition coefficient (Wildman–Crippen LogP) is 2.89. The molecule has 0 aliphatic carbocycles. The van der Waals surface area contributed by atoms with E-state index in [0.29, 0.717) is 0 Å². The number of hydrogen-bond acceptors (Lipinski definition) is 8. The van der Waals surface area contributed by atoms with E-state index in [1.807, 2.05) is 0 Å². The van der Waals surface area contributed by atoms with Gasteiger partial charge < -0.3 is 14.8 Å². The van der Waals surface area contributed by atoms with Gasteiger partial charge in [0.1, 0.15) is 10.4 Å². The normalized spacial score (nSPS) is 10.1. The number of benzene rings is 1. The Labute approximate surface area is 155 Å². The molecule has 0 radical (unpaired) electrons. The largest absolute Gasteiger partial charge is 0.465 e. The summed E-state index contributed by atoms with van der Waals surface area (Å²) in [7, 11) is 1.20. The van der Waals surface area contributed by atoms with Crippen molar-refractivity contribution >= 4 is 52.2 Å². The number of anilines is 1. The van der Waals surface area contributed by atoms with Crippen molar-refractivity contribution in [1.82, 2.24) is 0 Å². The molecule has 0 saturated heterocycles. The van der Waals surface area contributed by atoms with Gasteiger partial charge in [0, 0.05) is 11.1 Å². The van der Waals surface area contributed by atoms with Crippen molar-refractivity contribution in [2.45, 2.75) is 0 Å². The molecule has 0 fully saturated rings. The molecule has 0 spiro atoms. The molecule has 0 aliphatic rings. The van der Waals surface area contributed by atoms with Gasteiger partial charge in [0.15, 0.2) is 6.61 Å². The number of carbonyl (C=O) groups excluding carboxylic acids is 3. The quantitative estimate of drug-likeness (QED) is 0.450. The van der Waals surface area contributed by atoms with E-state index < -0.39 is 35.1 Å². The van der Waals surface area contributed by atoms with E-state index in [1.165, 1.54) is 19.2 Å². The van der Waals surface area contributed by atoms with Crippen LogP contribution in [0, 0.1) is 10.1 Å². The second kappa shape index (κ2) is 8.41. The number of nitrogens with zero attached hydrogens (tertiary/aromatic N) is 1. The van der Waals surface area contributed by atoms with Gasteiger partial charge in [0.2, 0.25) is 0 Å². The Kier molecular flexibility index (Phi) is 6.26. The van der Waals surface area contributed by atoms with Crippen LogP contribution in [-0.4, -0.2) is 36.5 Å². The van der Waals surface area contributed by atoms with Gasteiger partial charge in [-0.1, -0.05) is 11.6 Å². The lowest BCUT2D eigenvalue weighted by molar-refractivity contribution is -0.385. The zero-order valence-corrected chi connectivity index (χ0v) is 14.8. The van der Waals surface area contributed by atoms with E-state index in [1.54, 1.807) is 5.38 Å². The van der Waals surface area contributed by atoms with Crippen molar-refractivity contribution in [3.05, 3.63) is 55.2 Å². The molecule has 26 heavy (non-hydrogen) atoms. The van der Waals surface area contributed by atoms with Gasteiger partial charge in [-0.25, -0.2) is 9.59 Å². The molecule has 0 bridgehead atoms. The molecule has 2 aromatic rings. The lowest BCUT2D eigenvalue weighted by atomic mass is 10.2. The maximum Gasteiger partial charge on any atom is 0.350 e. The minimum absolute atomic E-state index is 0.0822. The van der Waals surface area contributed by atoms with E-state index in [0.717, 1.165) is 23.5 Å². The van der Waals surface area contributed by atoms with Crippen molar-refractivity contribution in [2.24, 2.45) is 0 Å². The first kappa shape index (κ1) is 19.3. The van der Waals surface area contributed by atoms with Crippen molar-refractivity contribution in [1.29, 1.82) is 0 Å². The molecule has 11 heteroatoms. The summed E-state index contributed by atoms with van der Waals surface area (Å²) in [5.74, 6) is -2.40. The number of nitro benzene ring substituents is 1. The van der Waals surface area contributed by atoms with Crippen LogP contribution < -0.4 is 5.32 Å². The first-order valence-corrected chi connectivity index (χ1v) is 8.16. The number of nitrogens with one attached hydrogen (secondary N) is 1. The number of nitro groups is 1. The molecular weight excluding hydrogens is 388 g/mol. The summed E-state index contributed by atoms with van der Waals surface area (Å²) >= 11 is 6.73. The summed E-state index contributed by atoms with van der Waals surface area (Å²) < 4.78 is 9.36. The van der Waals surface area contributed by atoms with Crippen LogP contribution in [0.3, 0.4) is 0 Å². The van der Waals surface area contributed by atoms with E-state index >= 15 is 0 Å². The molecule has 1 N–H and O–H groups in total. The number of methoxy groups -OCH3 is 1. The first-order valence-electron chi connectivity index (χ1n) is 6.90. The fourth-order valence-electron chi connectivity index (χ4n) is 1.88. The summed E-state index contributed by atoms with van der Waals surface area (Å²) in [6.45, 7) is -0.699. The minimum Gasteiger partial charge on any atom is -0.465 e. The van der Waals surface area contributed by atoms with E-state index in [4.69, 9.17) is 16.3 Å². The zero-order chi connectivity index (χ0) is 19.3. The number of ether oxygens (including phenoxy) is 2. The lowest BCUT2D eigenvalue weighted by Gasteiger charge is -2.07. The van der Waals surface area contributed by atoms with Crippen LogP contribution in [0.5, 0.6) is 0 Å². The molecule has 0 atom stereocenters. The maximum atomic E-state index is 12.0. The summed E-state index contributed by atoms with van der Waals surface area (Å²) in [6.07, 6.45) is 0. The molecule has 1 aromatic carbocycles. The average Bonchev–Trinajstić information content (AvgIpc) is 3.06. The van der Waals surface area contributed by atoms with Crippen molar-refractivity contribution in [3.63, 3.8) is 0 Å². The molecule has 1 aromatic heterocycles. The fraction of sp³-hybridized carbons (Fsp3) is 0.133. The van der Waals surface area contributed by atoms with Gasteiger partial charge in [0.25, 0.3) is 11.6 Å². The molecule has 9 nitrogen and oxygen atoms in total. The van der Waals surface area contributed by atoms with Crippen LogP contribution in [0.4, 0.5) is 11.4 Å². The average molecular weight is 399 g/mol. The highest BCUT2D eigenvalue weighted by Crippen LogP contribution is 2.25. The fourth-order valence-corrected chi connectivity index (χ4v) is 2.81. The van der Waals surface area contributed by atoms with E-state index in [9.17, 15) is 24.5 Å². The third kappa shape index (κ3) is 4.55. The molecule has 136 valence electrons. The zero-order valence-electron chi connectivity index (χ0n) is 13.2. The first-order chi connectivity index (χ1) is 12.3. The van der Waals surface area contributed by atoms with Crippen LogP contribution >= 0.6 is 22.9 Å². The smallest absolute Gasteiger partial charge is 0.350 e. The number of amides is 1. The van der Waals surface area contributed by atoms with Crippen LogP contribution in [0.1, 0.15) is 20.0 Å². The summed E-state index contributed by atoms with van der Waals surface area (Å²) in [5, 5.41) is 15.0. The predicted molar refractivity (Wildman–Crippen MR) is 92.7 cm³/mol. The molecule has 0 saturated carbocycles. The molecule has 0 aliphatic heterocycles. The summed E-state index contributed by atoms with van der Waals surface area (Å²) in [4.78, 5) is 45.8. The topological polar surface area (TPSA) is 125 Å². The third-order valence-corrected chi connectivity index (χ3v) is 4.15. The molecule has 2 rings (SSSR count). The third-order valence-electron chi connectivity index (χ3n) is 3.02. The summed E-state index contributed by atoms with van der Waals surface area (Å²) in [5.41, 5.74) is -0.660. The standard InChI is InChI=1S/C15H11ClN2O7S/c1-24-15(21)13-10(4-5-26-13)17-12(19)7-25-14(20)9-3-2-8(16)6-11(9)18(22)23/h2-6H,7H2,1H3,(H,17,19). The highest BCUT2D eigenvalue weighted by molar-refractivity contribution is 7.12. The minimum atomic E-state index is -1.05. The SMILES string of the molecule is COC(=O)c1sccc1NC(=O)COC(=O)c1ccc(Cl)cc1[N+](=O)[O-]. The van der Waals surface area contributed by atoms with Crippen molar-refractivity contribution in [3.8, 4) is 0 Å². The highest BCUT2D eigenvalue weighted by Gasteiger charge is 2.23. The maximum absolute atomic E-state index is 12.0. The van der Waals surface area contributed by atoms with Crippen LogP contribution in [-0.2, 0) is 14.3 Å². The highest BCUT2D eigenvalue weighted by atomic mass is 35.5. The molecule has 1 heterocycles. The second-order valence-electron chi connectivity index (χ2n) is 4.70. The Morgan fingerprint density at radius 1 is 1.27 bits per heavy atom. The van der Waals surface area contributed by atoms with Gasteiger partial charge in [-0.3, -0.25) is 14.9 Å². The van der Waals surface area contributed by atoms with Crippen LogP contribution in [0.2, 0.25) is 5.02 Å². The number of thiophene rings is 1. The van der Waals surface area contributed by atoms with Gasteiger partial charge in [-0.2, -0.15) is 0 Å². The van der Waals surface area contributed by atoms with Crippen LogP contribution in [0.25, 0.3) is 0 Å². The van der Waals surface area contributed by atoms with E-state index in [-0.39, 0.29) is 21.2 Å². The molecule has 0 unspecified atom stereocenters. The molecule has 1 amide bonds. The summed E-state index contributed by atoms with van der Waals surface area (Å²) in [6, 6.07) is 4.92. The van der Waals surface area contributed by atoms with Gasteiger partial charge >= 0.3 is 11.9 Å². The number of rotatable bonds is 6. The second-order valence-corrected chi connectivity index (χ2v) is 6.05. The van der Waals surface area contributed by atoms with Gasteiger partial charge in [0.05, 0.1) is 17.7 Å². The van der Waals surface area contributed by atoms with Crippen molar-refractivity contribution in [2.75, 3.05) is 19.0 Å². The monoisotopic (exact) mass is 398 g/mol. The Balaban J connectivity index is 2.02.